The summed E-state index contributed by atoms with van der Waals surface area (Å²) in [7, 11) is 1.60. The fourth-order valence-corrected chi connectivity index (χ4v) is 0. The van der Waals surface area contributed by atoms with Gasteiger partial charge in [0, 0.05) is 14.0 Å². The van der Waals surface area contributed by atoms with E-state index in [0.29, 0.717) is 0 Å². The van der Waals surface area contributed by atoms with Crippen LogP contribution in [0.4, 0.5) is 0 Å². The number of rotatable bonds is 0. The molecule has 0 aliphatic carbocycles. The van der Waals surface area contributed by atoms with Crippen LogP contribution in [0.3, 0.4) is 0 Å². The van der Waals surface area contributed by atoms with Crippen molar-refractivity contribution in [1.82, 2.24) is 5.32 Å². The maximum absolute atomic E-state index is 9.70. The highest BCUT2D eigenvalue weighted by atomic mass is 16.1. The second-order valence-electron chi connectivity index (χ2n) is 1.47. The van der Waals surface area contributed by atoms with Gasteiger partial charge in [-0.2, -0.15) is 0 Å². The van der Waals surface area contributed by atoms with Gasteiger partial charge in [0.15, 0.2) is 0 Å². The highest BCUT2D eigenvalue weighted by molar-refractivity contribution is 5.72. The standard InChI is InChI=1S/C4H8.C3H7NO.CH4/c1-3-4-2;1-3(5)4-2;/h3-4H,1-2H3;1-2H3,(H,4,5);1H4/b4-3+;;. The number of nitrogens with one attached hydrogen (secondary N) is 1. The Kier molecular flexibility index (Phi) is 25.3. The van der Waals surface area contributed by atoms with E-state index in [9.17, 15) is 4.79 Å². The van der Waals surface area contributed by atoms with E-state index in [4.69, 9.17) is 0 Å². The topological polar surface area (TPSA) is 29.1 Å². The van der Waals surface area contributed by atoms with Gasteiger partial charge in [-0.05, 0) is 13.8 Å². The van der Waals surface area contributed by atoms with E-state index in [1.807, 2.05) is 26.0 Å². The monoisotopic (exact) mass is 145 g/mol. The van der Waals surface area contributed by atoms with E-state index in [2.05, 4.69) is 5.32 Å². The Balaban J connectivity index is -0.0000000910. The molecule has 1 amide bonds. The van der Waals surface area contributed by atoms with E-state index in [0.717, 1.165) is 0 Å². The molecule has 2 nitrogen and oxygen atoms in total. The van der Waals surface area contributed by atoms with E-state index in [-0.39, 0.29) is 13.3 Å². The third kappa shape index (κ3) is 56.9. The number of hydrogen-bond acceptors (Lipinski definition) is 1. The summed E-state index contributed by atoms with van der Waals surface area (Å²) in [5.41, 5.74) is 0. The van der Waals surface area contributed by atoms with Gasteiger partial charge >= 0.3 is 0 Å². The maximum Gasteiger partial charge on any atom is 0.216 e. The Morgan fingerprint density at radius 2 is 1.50 bits per heavy atom. The van der Waals surface area contributed by atoms with Crippen LogP contribution in [0.15, 0.2) is 12.2 Å². The number of hydrogen-bond donors (Lipinski definition) is 1. The molecule has 0 atom stereocenters. The van der Waals surface area contributed by atoms with Crippen LogP contribution in [-0.2, 0) is 4.79 Å². The summed E-state index contributed by atoms with van der Waals surface area (Å²) in [4.78, 5) is 9.70. The van der Waals surface area contributed by atoms with Gasteiger partial charge in [-0.15, -0.1) is 0 Å². The summed E-state index contributed by atoms with van der Waals surface area (Å²) < 4.78 is 0. The predicted octanol–water partition coefficient (Wildman–Crippen LogP) is 1.97. The molecule has 0 saturated carbocycles. The summed E-state index contributed by atoms with van der Waals surface area (Å²) >= 11 is 0. The first-order valence-electron chi connectivity index (χ1n) is 2.94. The predicted molar refractivity (Wildman–Crippen MR) is 47.0 cm³/mol. The number of carbonyl (C=O) groups is 1. The average Bonchev–Trinajstić information content (AvgIpc) is 1.89. The van der Waals surface area contributed by atoms with Gasteiger partial charge in [-0.3, -0.25) is 4.79 Å². The smallest absolute Gasteiger partial charge is 0.216 e. The first-order valence-corrected chi connectivity index (χ1v) is 2.94. The highest BCUT2D eigenvalue weighted by Crippen LogP contribution is 1.57. The lowest BCUT2D eigenvalue weighted by atomic mass is 10.6. The molecule has 0 aromatic rings. The summed E-state index contributed by atoms with van der Waals surface area (Å²) in [6.07, 6.45) is 4.00. The number of allylic oxidation sites excluding steroid dienone is 2. The third-order valence-corrected chi connectivity index (χ3v) is 0.685. The minimum Gasteiger partial charge on any atom is -0.359 e. The van der Waals surface area contributed by atoms with Gasteiger partial charge in [-0.25, -0.2) is 0 Å². The molecule has 0 heterocycles. The van der Waals surface area contributed by atoms with Crippen molar-refractivity contribution in [1.29, 1.82) is 0 Å². The minimum atomic E-state index is 0. The second kappa shape index (κ2) is 15.7. The molecule has 0 unspecified atom stereocenters. The molecule has 1 N–H and O–H groups in total. The quantitative estimate of drug-likeness (QED) is 0.519. The van der Waals surface area contributed by atoms with Gasteiger partial charge in [0.05, 0.1) is 0 Å². The van der Waals surface area contributed by atoms with E-state index < -0.39 is 0 Å². The Labute approximate surface area is 64.3 Å². The zero-order valence-electron chi connectivity index (χ0n) is 6.56. The first kappa shape index (κ1) is 16.1. The van der Waals surface area contributed by atoms with Gasteiger partial charge in [0.1, 0.15) is 0 Å². The van der Waals surface area contributed by atoms with Crippen molar-refractivity contribution >= 4 is 5.91 Å². The lowest BCUT2D eigenvalue weighted by Crippen LogP contribution is -2.11. The lowest BCUT2D eigenvalue weighted by Gasteiger charge is -1.80. The lowest BCUT2D eigenvalue weighted by molar-refractivity contribution is -0.118. The van der Waals surface area contributed by atoms with Crippen molar-refractivity contribution in [3.05, 3.63) is 12.2 Å². The Hall–Kier alpha value is -0.790. The van der Waals surface area contributed by atoms with Crippen LogP contribution in [0.1, 0.15) is 28.2 Å². The van der Waals surface area contributed by atoms with Crippen molar-refractivity contribution in [2.24, 2.45) is 0 Å². The van der Waals surface area contributed by atoms with Crippen LogP contribution in [0.25, 0.3) is 0 Å². The van der Waals surface area contributed by atoms with Crippen LogP contribution in [-0.4, -0.2) is 13.0 Å². The molecule has 10 heavy (non-hydrogen) atoms. The van der Waals surface area contributed by atoms with Crippen molar-refractivity contribution in [3.8, 4) is 0 Å². The van der Waals surface area contributed by atoms with E-state index >= 15 is 0 Å². The molecular weight excluding hydrogens is 126 g/mol. The molecule has 0 fully saturated rings. The van der Waals surface area contributed by atoms with Crippen molar-refractivity contribution < 1.29 is 4.79 Å². The van der Waals surface area contributed by atoms with Crippen LogP contribution in [0, 0.1) is 0 Å². The van der Waals surface area contributed by atoms with Crippen LogP contribution >= 0.6 is 0 Å². The van der Waals surface area contributed by atoms with Crippen molar-refractivity contribution in [3.63, 3.8) is 0 Å². The molecule has 2 heteroatoms. The Morgan fingerprint density at radius 1 is 1.30 bits per heavy atom. The first-order chi connectivity index (χ1) is 4.18. The zero-order valence-corrected chi connectivity index (χ0v) is 6.56. The zero-order chi connectivity index (χ0) is 7.70. The van der Waals surface area contributed by atoms with Crippen LogP contribution in [0.5, 0.6) is 0 Å². The summed E-state index contributed by atoms with van der Waals surface area (Å²) in [6, 6.07) is 0. The molecule has 0 radical (unpaired) electrons. The molecule has 0 aromatic heterocycles. The Bertz CT molecular complexity index is 83.3. The normalized spacial score (nSPS) is 7.20. The largest absolute Gasteiger partial charge is 0.359 e. The molecule has 0 aromatic carbocycles. The van der Waals surface area contributed by atoms with E-state index in [1.165, 1.54) is 6.92 Å². The SMILES string of the molecule is C.C/C=C/C.CNC(C)=O. The van der Waals surface area contributed by atoms with Crippen LogP contribution in [0.2, 0.25) is 0 Å². The molecule has 0 aliphatic heterocycles. The third-order valence-electron chi connectivity index (χ3n) is 0.685. The fourth-order valence-electron chi connectivity index (χ4n) is 0. The molecule has 0 bridgehead atoms. The number of carbonyl (C=O) groups excluding carboxylic acids is 1. The molecule has 0 spiro atoms. The molecule has 62 valence electrons. The average molecular weight is 145 g/mol. The van der Waals surface area contributed by atoms with Gasteiger partial charge < -0.3 is 5.32 Å². The maximum atomic E-state index is 9.70. The summed E-state index contributed by atoms with van der Waals surface area (Å²) in [6.45, 7) is 5.47. The van der Waals surface area contributed by atoms with Crippen molar-refractivity contribution in [2.45, 2.75) is 28.2 Å². The summed E-state index contributed by atoms with van der Waals surface area (Å²) in [5, 5.41) is 2.39. The molecule has 0 saturated heterocycles. The van der Waals surface area contributed by atoms with Gasteiger partial charge in [0.25, 0.3) is 0 Å². The van der Waals surface area contributed by atoms with E-state index in [1.54, 1.807) is 7.05 Å². The van der Waals surface area contributed by atoms with Gasteiger partial charge in [0.2, 0.25) is 5.91 Å². The Morgan fingerprint density at radius 3 is 1.50 bits per heavy atom. The van der Waals surface area contributed by atoms with Crippen molar-refractivity contribution in [2.75, 3.05) is 7.05 Å². The fraction of sp³-hybridized carbons (Fsp3) is 0.625. The summed E-state index contributed by atoms with van der Waals surface area (Å²) in [5.74, 6) is 0.00463. The second-order valence-corrected chi connectivity index (χ2v) is 1.47. The van der Waals surface area contributed by atoms with Crippen LogP contribution < -0.4 is 5.32 Å². The highest BCUT2D eigenvalue weighted by Gasteiger charge is 1.72. The minimum absolute atomic E-state index is 0. The molecule has 0 aliphatic rings. The molecule has 0 rings (SSSR count). The van der Waals surface area contributed by atoms with Gasteiger partial charge in [-0.1, -0.05) is 19.6 Å². The molecular formula is C8H19NO. The number of amides is 1.